The van der Waals surface area contributed by atoms with E-state index in [1.54, 1.807) is 24.3 Å². The van der Waals surface area contributed by atoms with Crippen LogP contribution in [-0.4, -0.2) is 4.92 Å². The zero-order valence-electron chi connectivity index (χ0n) is 10.4. The van der Waals surface area contributed by atoms with Crippen LogP contribution in [-0.2, 0) is 6.54 Å². The summed E-state index contributed by atoms with van der Waals surface area (Å²) >= 11 is 0. The number of nitrogens with one attached hydrogen (secondary N) is 1. The highest BCUT2D eigenvalue weighted by Gasteiger charge is 2.06. The Kier molecular flexibility index (Phi) is 3.75. The molecule has 1 N–H and O–H groups in total. The first-order chi connectivity index (χ1) is 9.06. The Bertz CT molecular complexity index is 614. The highest BCUT2D eigenvalue weighted by molar-refractivity contribution is 5.47. The van der Waals surface area contributed by atoms with Crippen molar-refractivity contribution >= 4 is 11.4 Å². The molecule has 0 aliphatic rings. The smallest absolute Gasteiger partial charge is 0.269 e. The number of rotatable bonds is 4. The fourth-order valence-corrected chi connectivity index (χ4v) is 1.74. The van der Waals surface area contributed by atoms with E-state index >= 15 is 0 Å². The van der Waals surface area contributed by atoms with Gasteiger partial charge in [-0.3, -0.25) is 10.1 Å². The highest BCUT2D eigenvalue weighted by atomic mass is 19.1. The predicted molar refractivity (Wildman–Crippen MR) is 71.6 cm³/mol. The van der Waals surface area contributed by atoms with Gasteiger partial charge in [0, 0.05) is 18.7 Å². The Labute approximate surface area is 110 Å². The summed E-state index contributed by atoms with van der Waals surface area (Å²) in [4.78, 5) is 10.2. The molecular formula is C14H13FN2O2. The lowest BCUT2D eigenvalue weighted by Gasteiger charge is -2.08. The quantitative estimate of drug-likeness (QED) is 0.674. The third-order valence-corrected chi connectivity index (χ3v) is 2.73. The van der Waals surface area contributed by atoms with Gasteiger partial charge in [-0.1, -0.05) is 18.2 Å². The van der Waals surface area contributed by atoms with Gasteiger partial charge in [-0.25, -0.2) is 4.39 Å². The van der Waals surface area contributed by atoms with Crippen molar-refractivity contribution in [3.63, 3.8) is 0 Å². The van der Waals surface area contributed by atoms with Gasteiger partial charge in [-0.05, 0) is 30.2 Å². The number of non-ortho nitro benzene ring substituents is 1. The Morgan fingerprint density at radius 2 is 2.05 bits per heavy atom. The molecule has 2 aromatic carbocycles. The summed E-state index contributed by atoms with van der Waals surface area (Å²) in [5.41, 5.74) is 1.99. The van der Waals surface area contributed by atoms with Gasteiger partial charge in [0.15, 0.2) is 0 Å². The van der Waals surface area contributed by atoms with Crippen LogP contribution < -0.4 is 5.32 Å². The van der Waals surface area contributed by atoms with E-state index in [0.717, 1.165) is 11.1 Å². The van der Waals surface area contributed by atoms with Crippen LogP contribution in [0.15, 0.2) is 42.5 Å². The molecule has 0 saturated heterocycles. The minimum atomic E-state index is -0.448. The minimum Gasteiger partial charge on any atom is -0.379 e. The van der Waals surface area contributed by atoms with Crippen molar-refractivity contribution in [2.24, 2.45) is 0 Å². The SMILES string of the molecule is Cc1ccc(NCc2cccc([N+](=O)[O-])c2)c(F)c1. The summed E-state index contributed by atoms with van der Waals surface area (Å²) in [5.74, 6) is -0.328. The molecule has 0 radical (unpaired) electrons. The molecule has 5 heteroatoms. The average Bonchev–Trinajstić information content (AvgIpc) is 2.38. The number of aryl methyl sites for hydroxylation is 1. The van der Waals surface area contributed by atoms with Gasteiger partial charge in [0.05, 0.1) is 10.6 Å². The number of halogens is 1. The first-order valence-electron chi connectivity index (χ1n) is 5.79. The molecule has 0 atom stereocenters. The summed E-state index contributed by atoms with van der Waals surface area (Å²) in [5, 5.41) is 13.6. The number of nitro benzene ring substituents is 1. The lowest BCUT2D eigenvalue weighted by atomic mass is 10.2. The molecule has 98 valence electrons. The number of hydrogen-bond acceptors (Lipinski definition) is 3. The second-order valence-corrected chi connectivity index (χ2v) is 4.26. The summed E-state index contributed by atoms with van der Waals surface area (Å²) in [6, 6.07) is 11.2. The largest absolute Gasteiger partial charge is 0.379 e. The number of hydrogen-bond donors (Lipinski definition) is 1. The maximum atomic E-state index is 13.6. The zero-order chi connectivity index (χ0) is 13.8. The Morgan fingerprint density at radius 3 is 2.74 bits per heavy atom. The van der Waals surface area contributed by atoms with Crippen LogP contribution in [0.3, 0.4) is 0 Å². The van der Waals surface area contributed by atoms with Crippen molar-refractivity contribution in [1.29, 1.82) is 0 Å². The number of nitrogens with zero attached hydrogens (tertiary/aromatic N) is 1. The molecule has 0 fully saturated rings. The molecule has 4 nitrogen and oxygen atoms in total. The van der Waals surface area contributed by atoms with Crippen LogP contribution in [0, 0.1) is 22.9 Å². The van der Waals surface area contributed by atoms with Gasteiger partial charge in [0.25, 0.3) is 5.69 Å². The molecule has 0 heterocycles. The van der Waals surface area contributed by atoms with Crippen LogP contribution in [0.1, 0.15) is 11.1 Å². The fraction of sp³-hybridized carbons (Fsp3) is 0.143. The molecule has 0 aromatic heterocycles. The van der Waals surface area contributed by atoms with Crippen molar-refractivity contribution in [2.45, 2.75) is 13.5 Å². The van der Waals surface area contributed by atoms with Gasteiger partial charge in [-0.2, -0.15) is 0 Å². The molecule has 0 saturated carbocycles. The monoisotopic (exact) mass is 260 g/mol. The second-order valence-electron chi connectivity index (χ2n) is 4.26. The molecule has 0 spiro atoms. The maximum Gasteiger partial charge on any atom is 0.269 e. The zero-order valence-corrected chi connectivity index (χ0v) is 10.4. The van der Waals surface area contributed by atoms with Crippen molar-refractivity contribution < 1.29 is 9.31 Å². The molecule has 0 amide bonds. The van der Waals surface area contributed by atoms with Gasteiger partial charge < -0.3 is 5.32 Å². The van der Waals surface area contributed by atoms with Gasteiger partial charge >= 0.3 is 0 Å². The summed E-state index contributed by atoms with van der Waals surface area (Å²) in [6.07, 6.45) is 0. The molecule has 0 aliphatic heterocycles. The van der Waals surface area contributed by atoms with Crippen LogP contribution in [0.2, 0.25) is 0 Å². The minimum absolute atomic E-state index is 0.0312. The average molecular weight is 260 g/mol. The molecule has 0 bridgehead atoms. The van der Waals surface area contributed by atoms with Crippen LogP contribution in [0.25, 0.3) is 0 Å². The Hall–Kier alpha value is -2.43. The first-order valence-corrected chi connectivity index (χ1v) is 5.79. The van der Waals surface area contributed by atoms with E-state index in [9.17, 15) is 14.5 Å². The van der Waals surface area contributed by atoms with E-state index in [-0.39, 0.29) is 11.5 Å². The normalized spacial score (nSPS) is 10.2. The van der Waals surface area contributed by atoms with Gasteiger partial charge in [-0.15, -0.1) is 0 Å². The lowest BCUT2D eigenvalue weighted by Crippen LogP contribution is -2.02. The molecule has 2 aromatic rings. The summed E-state index contributed by atoms with van der Waals surface area (Å²) < 4.78 is 13.6. The molecule has 0 unspecified atom stereocenters. The van der Waals surface area contributed by atoms with E-state index < -0.39 is 4.92 Å². The third kappa shape index (κ3) is 3.28. The van der Waals surface area contributed by atoms with E-state index in [4.69, 9.17) is 0 Å². The Balaban J connectivity index is 2.10. The van der Waals surface area contributed by atoms with Crippen molar-refractivity contribution in [3.8, 4) is 0 Å². The number of anilines is 1. The van der Waals surface area contributed by atoms with Crippen molar-refractivity contribution in [3.05, 3.63) is 69.5 Å². The molecular weight excluding hydrogens is 247 g/mol. The van der Waals surface area contributed by atoms with E-state index in [1.807, 2.05) is 6.92 Å². The van der Waals surface area contributed by atoms with Gasteiger partial charge in [0.2, 0.25) is 0 Å². The second kappa shape index (κ2) is 5.48. The first kappa shape index (κ1) is 13.0. The Morgan fingerprint density at radius 1 is 1.26 bits per heavy atom. The molecule has 2 rings (SSSR count). The highest BCUT2D eigenvalue weighted by Crippen LogP contribution is 2.18. The lowest BCUT2D eigenvalue weighted by molar-refractivity contribution is -0.384. The van der Waals surface area contributed by atoms with E-state index in [0.29, 0.717) is 12.2 Å². The van der Waals surface area contributed by atoms with E-state index in [1.165, 1.54) is 18.2 Å². The molecule has 0 aliphatic carbocycles. The predicted octanol–water partition coefficient (Wildman–Crippen LogP) is 3.65. The van der Waals surface area contributed by atoms with Crippen molar-refractivity contribution in [1.82, 2.24) is 0 Å². The fourth-order valence-electron chi connectivity index (χ4n) is 1.74. The van der Waals surface area contributed by atoms with Gasteiger partial charge in [0.1, 0.15) is 5.82 Å². The summed E-state index contributed by atoms with van der Waals surface area (Å²) in [6.45, 7) is 2.15. The van der Waals surface area contributed by atoms with Crippen LogP contribution >= 0.6 is 0 Å². The van der Waals surface area contributed by atoms with Crippen LogP contribution in [0.5, 0.6) is 0 Å². The third-order valence-electron chi connectivity index (χ3n) is 2.73. The maximum absolute atomic E-state index is 13.6. The standard InChI is InChI=1S/C14H13FN2O2/c1-10-5-6-14(13(15)7-10)16-9-11-3-2-4-12(8-11)17(18)19/h2-8,16H,9H2,1H3. The topological polar surface area (TPSA) is 55.2 Å². The van der Waals surface area contributed by atoms with Crippen molar-refractivity contribution in [2.75, 3.05) is 5.32 Å². The summed E-state index contributed by atoms with van der Waals surface area (Å²) in [7, 11) is 0. The van der Waals surface area contributed by atoms with Crippen LogP contribution in [0.4, 0.5) is 15.8 Å². The van der Waals surface area contributed by atoms with E-state index in [2.05, 4.69) is 5.32 Å². The molecule has 19 heavy (non-hydrogen) atoms. The number of benzene rings is 2. The number of nitro groups is 1.